The summed E-state index contributed by atoms with van der Waals surface area (Å²) in [4.78, 5) is 22.6. The average molecular weight is 223 g/mol. The van der Waals surface area contributed by atoms with Crippen molar-refractivity contribution in [1.82, 2.24) is 4.57 Å². The fourth-order valence-corrected chi connectivity index (χ4v) is 1.99. The van der Waals surface area contributed by atoms with Crippen LogP contribution in [0.2, 0.25) is 0 Å². The van der Waals surface area contributed by atoms with Gasteiger partial charge in [-0.05, 0) is 18.1 Å². The molecule has 0 radical (unpaired) electrons. The van der Waals surface area contributed by atoms with Crippen molar-refractivity contribution in [1.29, 1.82) is 0 Å². The van der Waals surface area contributed by atoms with E-state index in [0.29, 0.717) is 26.1 Å². The predicted octanol–water partition coefficient (Wildman–Crippen LogP) is 0.199. The van der Waals surface area contributed by atoms with Crippen molar-refractivity contribution in [3.05, 3.63) is 33.2 Å². The fraction of sp³-hybridized carbons (Fsp3) is 0.455. The maximum atomic E-state index is 11.7. The first-order valence-corrected chi connectivity index (χ1v) is 5.14. The quantitative estimate of drug-likeness (QED) is 0.738. The number of carbonyl (C=O) groups is 1. The Hall–Kier alpha value is -1.62. The molecule has 0 unspecified atom stereocenters. The van der Waals surface area contributed by atoms with E-state index in [1.54, 1.807) is 7.05 Å². The first kappa shape index (κ1) is 10.9. The van der Waals surface area contributed by atoms with E-state index in [4.69, 9.17) is 9.84 Å². The van der Waals surface area contributed by atoms with Gasteiger partial charge in [0.15, 0.2) is 0 Å². The summed E-state index contributed by atoms with van der Waals surface area (Å²) in [6, 6.07) is 1.48. The highest BCUT2D eigenvalue weighted by Gasteiger charge is 2.18. The summed E-state index contributed by atoms with van der Waals surface area (Å²) < 4.78 is 6.73. The Bertz CT molecular complexity index is 489. The van der Waals surface area contributed by atoms with Gasteiger partial charge >= 0.3 is 5.97 Å². The third-order valence-electron chi connectivity index (χ3n) is 2.86. The lowest BCUT2D eigenvalue weighted by molar-refractivity contribution is 0.0694. The molecule has 0 spiro atoms. The Morgan fingerprint density at radius 1 is 1.44 bits per heavy atom. The Morgan fingerprint density at radius 2 is 2.12 bits per heavy atom. The fourth-order valence-electron chi connectivity index (χ4n) is 1.99. The Kier molecular flexibility index (Phi) is 2.78. The van der Waals surface area contributed by atoms with Crippen LogP contribution in [0.3, 0.4) is 0 Å². The van der Waals surface area contributed by atoms with E-state index in [0.717, 1.165) is 11.3 Å². The second kappa shape index (κ2) is 4.09. The number of hydrogen-bond acceptors (Lipinski definition) is 3. The maximum Gasteiger partial charge on any atom is 0.341 e. The Balaban J connectivity index is 2.64. The zero-order chi connectivity index (χ0) is 11.7. The minimum atomic E-state index is -1.17. The lowest BCUT2D eigenvalue weighted by Gasteiger charge is -2.11. The first-order chi connectivity index (χ1) is 7.61. The standard InChI is InChI=1S/C11H13NO4/c1-12-9-3-5-16-4-2-7(9)6-8(10(12)13)11(14)15/h6H,2-5H2,1H3,(H,14,15). The normalized spacial score (nSPS) is 15.3. The molecule has 5 nitrogen and oxygen atoms in total. The highest BCUT2D eigenvalue weighted by molar-refractivity contribution is 5.87. The van der Waals surface area contributed by atoms with Crippen molar-refractivity contribution in [2.24, 2.45) is 7.05 Å². The van der Waals surface area contributed by atoms with Crippen LogP contribution in [0.15, 0.2) is 10.9 Å². The lowest BCUT2D eigenvalue weighted by Crippen LogP contribution is -2.28. The van der Waals surface area contributed by atoms with E-state index in [2.05, 4.69) is 0 Å². The summed E-state index contributed by atoms with van der Waals surface area (Å²) in [5.74, 6) is -1.17. The van der Waals surface area contributed by atoms with E-state index in [1.165, 1.54) is 10.6 Å². The van der Waals surface area contributed by atoms with Gasteiger partial charge in [-0.25, -0.2) is 4.79 Å². The molecule has 1 aromatic rings. The van der Waals surface area contributed by atoms with Crippen LogP contribution >= 0.6 is 0 Å². The molecule has 2 heterocycles. The van der Waals surface area contributed by atoms with E-state index in [1.807, 2.05) is 0 Å². The van der Waals surface area contributed by atoms with E-state index in [9.17, 15) is 9.59 Å². The summed E-state index contributed by atoms with van der Waals surface area (Å²) >= 11 is 0. The van der Waals surface area contributed by atoms with E-state index < -0.39 is 11.5 Å². The van der Waals surface area contributed by atoms with Crippen LogP contribution in [0.4, 0.5) is 0 Å². The summed E-state index contributed by atoms with van der Waals surface area (Å²) in [6.07, 6.45) is 1.31. The number of ether oxygens (including phenoxy) is 1. The molecule has 0 atom stereocenters. The summed E-state index contributed by atoms with van der Waals surface area (Å²) in [5.41, 5.74) is 1.17. The zero-order valence-corrected chi connectivity index (χ0v) is 9.02. The van der Waals surface area contributed by atoms with E-state index >= 15 is 0 Å². The largest absolute Gasteiger partial charge is 0.477 e. The van der Waals surface area contributed by atoms with Crippen LogP contribution in [0.1, 0.15) is 21.6 Å². The topological polar surface area (TPSA) is 68.5 Å². The minimum Gasteiger partial charge on any atom is -0.477 e. The highest BCUT2D eigenvalue weighted by Crippen LogP contribution is 2.13. The van der Waals surface area contributed by atoms with Gasteiger partial charge in [-0.2, -0.15) is 0 Å². The van der Waals surface area contributed by atoms with Crippen LogP contribution in [0.25, 0.3) is 0 Å². The van der Waals surface area contributed by atoms with Crippen molar-refractivity contribution in [2.45, 2.75) is 12.8 Å². The van der Waals surface area contributed by atoms with Crippen LogP contribution in [0.5, 0.6) is 0 Å². The van der Waals surface area contributed by atoms with Crippen LogP contribution in [-0.4, -0.2) is 28.9 Å². The first-order valence-electron chi connectivity index (χ1n) is 5.14. The molecular weight excluding hydrogens is 210 g/mol. The smallest absolute Gasteiger partial charge is 0.341 e. The average Bonchev–Trinajstić information content (AvgIpc) is 2.48. The Morgan fingerprint density at radius 3 is 2.81 bits per heavy atom. The molecule has 2 rings (SSSR count). The molecule has 1 aromatic heterocycles. The van der Waals surface area contributed by atoms with Crippen LogP contribution in [0, 0.1) is 0 Å². The summed E-state index contributed by atoms with van der Waals surface area (Å²) in [7, 11) is 1.61. The number of aromatic carboxylic acids is 1. The third kappa shape index (κ3) is 1.74. The van der Waals surface area contributed by atoms with Gasteiger partial charge in [-0.15, -0.1) is 0 Å². The molecular formula is C11H13NO4. The van der Waals surface area contributed by atoms with E-state index in [-0.39, 0.29) is 5.56 Å². The number of hydrogen-bond donors (Lipinski definition) is 1. The summed E-state index contributed by atoms with van der Waals surface area (Å²) in [5, 5.41) is 8.92. The van der Waals surface area contributed by atoms with Crippen molar-refractivity contribution < 1.29 is 14.6 Å². The molecule has 0 aromatic carbocycles. The van der Waals surface area contributed by atoms with Gasteiger partial charge in [0.1, 0.15) is 5.56 Å². The van der Waals surface area contributed by atoms with Crippen molar-refractivity contribution in [3.63, 3.8) is 0 Å². The SMILES string of the molecule is Cn1c2c(cc(C(=O)O)c1=O)CCOCC2. The molecule has 0 saturated carbocycles. The lowest BCUT2D eigenvalue weighted by atomic mass is 10.1. The van der Waals surface area contributed by atoms with Gasteiger partial charge in [-0.1, -0.05) is 0 Å². The summed E-state index contributed by atoms with van der Waals surface area (Å²) in [6.45, 7) is 1.15. The molecule has 16 heavy (non-hydrogen) atoms. The number of aromatic nitrogens is 1. The van der Waals surface area contributed by atoms with Gasteiger partial charge < -0.3 is 14.4 Å². The van der Waals surface area contributed by atoms with Crippen LogP contribution < -0.4 is 5.56 Å². The van der Waals surface area contributed by atoms with Gasteiger partial charge in [0, 0.05) is 19.2 Å². The highest BCUT2D eigenvalue weighted by atomic mass is 16.5. The maximum absolute atomic E-state index is 11.7. The van der Waals surface area contributed by atoms with Crippen LogP contribution in [-0.2, 0) is 24.6 Å². The van der Waals surface area contributed by atoms with Gasteiger partial charge in [0.05, 0.1) is 13.2 Å². The minimum absolute atomic E-state index is 0.164. The number of carboxylic acid groups (broad SMARTS) is 1. The van der Waals surface area contributed by atoms with Gasteiger partial charge in [0.2, 0.25) is 0 Å². The molecule has 1 N–H and O–H groups in total. The van der Waals surface area contributed by atoms with Crippen molar-refractivity contribution in [2.75, 3.05) is 13.2 Å². The molecule has 0 saturated heterocycles. The molecule has 1 aliphatic heterocycles. The molecule has 0 fully saturated rings. The second-order valence-corrected chi connectivity index (χ2v) is 3.81. The molecule has 0 bridgehead atoms. The zero-order valence-electron chi connectivity index (χ0n) is 9.02. The molecule has 0 amide bonds. The van der Waals surface area contributed by atoms with Crippen molar-refractivity contribution in [3.8, 4) is 0 Å². The predicted molar refractivity (Wildman–Crippen MR) is 56.9 cm³/mol. The third-order valence-corrected chi connectivity index (χ3v) is 2.86. The molecule has 86 valence electrons. The molecule has 0 aliphatic carbocycles. The molecule has 5 heteroatoms. The second-order valence-electron chi connectivity index (χ2n) is 3.81. The van der Waals surface area contributed by atoms with Gasteiger partial charge in [-0.3, -0.25) is 4.79 Å². The monoisotopic (exact) mass is 223 g/mol. The number of rotatable bonds is 1. The van der Waals surface area contributed by atoms with Crippen molar-refractivity contribution >= 4 is 5.97 Å². The number of nitrogens with zero attached hydrogens (tertiary/aromatic N) is 1. The van der Waals surface area contributed by atoms with Gasteiger partial charge in [0.25, 0.3) is 5.56 Å². The number of fused-ring (bicyclic) bond motifs is 1. The molecule has 1 aliphatic rings. The Labute approximate surface area is 92.3 Å². The number of pyridine rings is 1. The number of carboxylic acids is 1.